The third kappa shape index (κ3) is 1.18. The van der Waals surface area contributed by atoms with Gasteiger partial charge in [0.25, 0.3) is 5.56 Å². The number of fused-ring (bicyclic) bond motifs is 3. The molecule has 2 aromatic rings. The normalized spacial score (nSPS) is 12.6. The Balaban J connectivity index is 2.39. The molecule has 3 rings (SSSR count). The van der Waals surface area contributed by atoms with E-state index in [-0.39, 0.29) is 5.56 Å². The molecule has 0 atom stereocenters. The summed E-state index contributed by atoms with van der Waals surface area (Å²) in [5.74, 6) is 0.844. The molecule has 0 aliphatic carbocycles. The number of benzene rings is 1. The van der Waals surface area contributed by atoms with Gasteiger partial charge in [0.2, 0.25) is 0 Å². The predicted molar refractivity (Wildman–Crippen MR) is 61.5 cm³/mol. The second-order valence-electron chi connectivity index (χ2n) is 3.89. The minimum absolute atomic E-state index is 0.00968. The van der Waals surface area contributed by atoms with E-state index < -0.39 is 0 Å². The molecule has 0 bridgehead atoms. The van der Waals surface area contributed by atoms with Crippen molar-refractivity contribution in [2.24, 2.45) is 7.05 Å². The predicted octanol–water partition coefficient (Wildman–Crippen LogP) is 1.94. The van der Waals surface area contributed by atoms with Gasteiger partial charge in [-0.3, -0.25) is 4.79 Å². The van der Waals surface area contributed by atoms with E-state index in [4.69, 9.17) is 4.74 Å². The topological polar surface area (TPSA) is 31.2 Å². The first-order valence-corrected chi connectivity index (χ1v) is 5.18. The van der Waals surface area contributed by atoms with E-state index in [1.54, 1.807) is 17.7 Å². The molecule has 0 amide bonds. The smallest absolute Gasteiger partial charge is 0.250 e. The molecule has 1 aromatic heterocycles. The Labute approximate surface area is 92.9 Å². The molecule has 1 aliphatic rings. The quantitative estimate of drug-likeness (QED) is 0.669. The average molecular weight is 213 g/mol. The summed E-state index contributed by atoms with van der Waals surface area (Å²) in [6.07, 6.45) is 0. The Bertz CT molecular complexity index is 614. The Morgan fingerprint density at radius 3 is 2.88 bits per heavy atom. The molecule has 0 N–H and O–H groups in total. The van der Waals surface area contributed by atoms with Crippen LogP contribution >= 0.6 is 0 Å². The summed E-state index contributed by atoms with van der Waals surface area (Å²) < 4.78 is 7.31. The van der Waals surface area contributed by atoms with Crippen molar-refractivity contribution < 1.29 is 4.74 Å². The third-order valence-corrected chi connectivity index (χ3v) is 2.92. The lowest BCUT2D eigenvalue weighted by molar-refractivity contribution is 0.300. The summed E-state index contributed by atoms with van der Waals surface area (Å²) in [6, 6.07) is 11.2. The van der Waals surface area contributed by atoms with Crippen molar-refractivity contribution in [3.05, 3.63) is 52.3 Å². The second-order valence-corrected chi connectivity index (χ2v) is 3.89. The van der Waals surface area contributed by atoms with Crippen molar-refractivity contribution in [3.8, 4) is 17.0 Å². The highest BCUT2D eigenvalue weighted by molar-refractivity contribution is 5.71. The van der Waals surface area contributed by atoms with Crippen LogP contribution in [-0.4, -0.2) is 4.57 Å². The zero-order valence-corrected chi connectivity index (χ0v) is 8.93. The van der Waals surface area contributed by atoms with E-state index in [0.29, 0.717) is 6.61 Å². The molecule has 0 saturated heterocycles. The summed E-state index contributed by atoms with van der Waals surface area (Å²) in [7, 11) is 1.79. The zero-order chi connectivity index (χ0) is 11.1. The first-order valence-electron chi connectivity index (χ1n) is 5.18. The number of pyridine rings is 1. The van der Waals surface area contributed by atoms with Crippen LogP contribution in [-0.2, 0) is 13.7 Å². The van der Waals surface area contributed by atoms with Gasteiger partial charge >= 0.3 is 0 Å². The van der Waals surface area contributed by atoms with Crippen LogP contribution in [0.5, 0.6) is 5.75 Å². The van der Waals surface area contributed by atoms with Gasteiger partial charge in [0.1, 0.15) is 12.4 Å². The van der Waals surface area contributed by atoms with Gasteiger partial charge in [0, 0.05) is 24.2 Å². The van der Waals surface area contributed by atoms with Crippen LogP contribution in [0.25, 0.3) is 11.3 Å². The summed E-state index contributed by atoms with van der Waals surface area (Å²) in [4.78, 5) is 11.6. The summed E-state index contributed by atoms with van der Waals surface area (Å²) in [5, 5.41) is 0. The van der Waals surface area contributed by atoms with E-state index in [2.05, 4.69) is 0 Å². The molecule has 0 fully saturated rings. The third-order valence-electron chi connectivity index (χ3n) is 2.92. The SMILES string of the molecule is Cn1c2c(ccc1=O)COc1ccccc1-2. The summed E-state index contributed by atoms with van der Waals surface area (Å²) in [6.45, 7) is 0.528. The molecule has 0 saturated carbocycles. The molecular weight excluding hydrogens is 202 g/mol. The summed E-state index contributed by atoms with van der Waals surface area (Å²) >= 11 is 0. The Morgan fingerprint density at radius 2 is 2.00 bits per heavy atom. The molecule has 2 heterocycles. The van der Waals surface area contributed by atoms with Crippen LogP contribution in [0.4, 0.5) is 0 Å². The van der Waals surface area contributed by atoms with Crippen LogP contribution in [0.1, 0.15) is 5.56 Å². The molecule has 0 unspecified atom stereocenters. The van der Waals surface area contributed by atoms with Crippen molar-refractivity contribution in [2.45, 2.75) is 6.61 Å². The van der Waals surface area contributed by atoms with E-state index in [1.165, 1.54) is 0 Å². The average Bonchev–Trinajstić information content (AvgIpc) is 2.33. The van der Waals surface area contributed by atoms with Crippen molar-refractivity contribution >= 4 is 0 Å². The Morgan fingerprint density at radius 1 is 1.19 bits per heavy atom. The van der Waals surface area contributed by atoms with Crippen LogP contribution in [0, 0.1) is 0 Å². The lowest BCUT2D eigenvalue weighted by Crippen LogP contribution is -2.21. The molecule has 3 heteroatoms. The van der Waals surface area contributed by atoms with Gasteiger partial charge in [-0.25, -0.2) is 0 Å². The highest BCUT2D eigenvalue weighted by Crippen LogP contribution is 2.35. The molecular formula is C13H11NO2. The molecule has 16 heavy (non-hydrogen) atoms. The molecule has 1 aromatic carbocycles. The van der Waals surface area contributed by atoms with Crippen molar-refractivity contribution in [1.82, 2.24) is 4.57 Å². The fraction of sp³-hybridized carbons (Fsp3) is 0.154. The number of rotatable bonds is 0. The summed E-state index contributed by atoms with van der Waals surface area (Å²) in [5.41, 5.74) is 3.02. The van der Waals surface area contributed by atoms with Crippen molar-refractivity contribution in [3.63, 3.8) is 0 Å². The maximum absolute atomic E-state index is 11.6. The van der Waals surface area contributed by atoms with Gasteiger partial charge in [-0.1, -0.05) is 12.1 Å². The van der Waals surface area contributed by atoms with E-state index in [1.807, 2.05) is 30.3 Å². The first-order chi connectivity index (χ1) is 7.77. The van der Waals surface area contributed by atoms with E-state index in [0.717, 1.165) is 22.6 Å². The van der Waals surface area contributed by atoms with Gasteiger partial charge in [-0.2, -0.15) is 0 Å². The van der Waals surface area contributed by atoms with Crippen LogP contribution in [0.15, 0.2) is 41.2 Å². The van der Waals surface area contributed by atoms with Crippen molar-refractivity contribution in [1.29, 1.82) is 0 Å². The van der Waals surface area contributed by atoms with Gasteiger partial charge in [-0.05, 0) is 18.2 Å². The van der Waals surface area contributed by atoms with Gasteiger partial charge in [0.05, 0.1) is 5.69 Å². The highest BCUT2D eigenvalue weighted by atomic mass is 16.5. The Kier molecular flexibility index (Phi) is 1.86. The van der Waals surface area contributed by atoms with Crippen LogP contribution in [0.3, 0.4) is 0 Å². The molecule has 0 radical (unpaired) electrons. The highest BCUT2D eigenvalue weighted by Gasteiger charge is 2.18. The molecule has 3 nitrogen and oxygen atoms in total. The number of nitrogens with zero attached hydrogens (tertiary/aromatic N) is 1. The monoisotopic (exact) mass is 213 g/mol. The van der Waals surface area contributed by atoms with Gasteiger partial charge < -0.3 is 9.30 Å². The lowest BCUT2D eigenvalue weighted by atomic mass is 10.0. The molecule has 0 spiro atoms. The maximum Gasteiger partial charge on any atom is 0.250 e. The number of para-hydroxylation sites is 1. The fourth-order valence-electron chi connectivity index (χ4n) is 2.10. The Hall–Kier alpha value is -2.03. The molecule has 80 valence electrons. The second kappa shape index (κ2) is 3.23. The fourth-order valence-corrected chi connectivity index (χ4v) is 2.10. The van der Waals surface area contributed by atoms with Crippen LogP contribution < -0.4 is 10.3 Å². The largest absolute Gasteiger partial charge is 0.488 e. The molecule has 1 aliphatic heterocycles. The maximum atomic E-state index is 11.6. The zero-order valence-electron chi connectivity index (χ0n) is 8.93. The van der Waals surface area contributed by atoms with Crippen LogP contribution in [0.2, 0.25) is 0 Å². The van der Waals surface area contributed by atoms with Gasteiger partial charge in [0.15, 0.2) is 0 Å². The minimum Gasteiger partial charge on any atom is -0.488 e. The minimum atomic E-state index is 0.00968. The standard InChI is InChI=1S/C13H11NO2/c1-14-12(15)7-6-9-8-16-11-5-3-2-4-10(11)13(9)14/h2-7H,8H2,1H3. The number of aromatic nitrogens is 1. The number of hydrogen-bond donors (Lipinski definition) is 0. The van der Waals surface area contributed by atoms with Gasteiger partial charge in [-0.15, -0.1) is 0 Å². The first kappa shape index (κ1) is 9.21. The number of hydrogen-bond acceptors (Lipinski definition) is 2. The van der Waals surface area contributed by atoms with Crippen molar-refractivity contribution in [2.75, 3.05) is 0 Å². The number of ether oxygens (including phenoxy) is 1. The van der Waals surface area contributed by atoms with E-state index >= 15 is 0 Å². The lowest BCUT2D eigenvalue weighted by Gasteiger charge is -2.22. The van der Waals surface area contributed by atoms with E-state index in [9.17, 15) is 4.79 Å².